The van der Waals surface area contributed by atoms with Gasteiger partial charge in [0.15, 0.2) is 17.4 Å². The van der Waals surface area contributed by atoms with Crippen LogP contribution in [0.1, 0.15) is 13.8 Å². The molecule has 0 aliphatic carbocycles. The predicted molar refractivity (Wildman–Crippen MR) is 101 cm³/mol. The second-order valence-electron chi connectivity index (χ2n) is 5.08. The van der Waals surface area contributed by atoms with Crippen LogP contribution in [0.15, 0.2) is 47.6 Å². The third-order valence-electron chi connectivity index (χ3n) is 3.78. The Balaban J connectivity index is 0.00000117. The average Bonchev–Trinajstić information content (AvgIpc) is 3.18. The van der Waals surface area contributed by atoms with E-state index in [0.29, 0.717) is 41.1 Å². The number of dihydropyridines is 1. The summed E-state index contributed by atoms with van der Waals surface area (Å²) in [6.45, 7) is 4.69. The lowest BCUT2D eigenvalue weighted by atomic mass is 10.1. The van der Waals surface area contributed by atoms with Crippen LogP contribution in [-0.4, -0.2) is 27.6 Å². The van der Waals surface area contributed by atoms with Gasteiger partial charge in [-0.3, -0.25) is 5.01 Å². The lowest BCUT2D eigenvalue weighted by Gasteiger charge is -2.26. The lowest BCUT2D eigenvalue weighted by Crippen LogP contribution is -2.34. The van der Waals surface area contributed by atoms with Crippen molar-refractivity contribution in [2.24, 2.45) is 11.6 Å². The maximum Gasteiger partial charge on any atom is 0.231 e. The predicted octanol–water partition coefficient (Wildman–Crippen LogP) is 1.95. The molecule has 0 bridgehead atoms. The molecule has 8 nitrogen and oxygen atoms in total. The van der Waals surface area contributed by atoms with Gasteiger partial charge in [-0.25, -0.2) is 5.84 Å². The normalized spacial score (nSPS) is 15.0. The summed E-state index contributed by atoms with van der Waals surface area (Å²) in [5.74, 6) is 8.65. The molecule has 0 saturated heterocycles. The van der Waals surface area contributed by atoms with Crippen molar-refractivity contribution in [1.29, 1.82) is 0 Å². The Labute approximate surface area is 153 Å². The van der Waals surface area contributed by atoms with E-state index in [1.165, 1.54) is 11.2 Å². The first-order valence-corrected chi connectivity index (χ1v) is 8.31. The number of benzene rings is 1. The van der Waals surface area contributed by atoms with Gasteiger partial charge in [0.05, 0.1) is 25.6 Å². The molecule has 2 aliphatic rings. The Morgan fingerprint density at radius 3 is 2.54 bits per heavy atom. The highest BCUT2D eigenvalue weighted by molar-refractivity contribution is 5.67. The molecular weight excluding hydrogens is 336 g/mol. The monoisotopic (exact) mass is 362 g/mol. The van der Waals surface area contributed by atoms with E-state index in [1.54, 1.807) is 26.4 Å². The van der Waals surface area contributed by atoms with Crippen LogP contribution >= 0.6 is 0 Å². The van der Waals surface area contributed by atoms with Crippen molar-refractivity contribution < 1.29 is 18.9 Å². The second kappa shape index (κ2) is 8.91. The first kappa shape index (κ1) is 19.3. The highest BCUT2D eigenvalue weighted by Crippen LogP contribution is 2.44. The molecule has 3 rings (SSSR count). The van der Waals surface area contributed by atoms with E-state index in [9.17, 15) is 0 Å². The fourth-order valence-corrected chi connectivity index (χ4v) is 2.53. The third-order valence-corrected chi connectivity index (χ3v) is 3.78. The van der Waals surface area contributed by atoms with E-state index in [2.05, 4.69) is 5.32 Å². The molecule has 26 heavy (non-hydrogen) atoms. The number of nitrogens with two attached hydrogens (primary N) is 2. The first-order valence-electron chi connectivity index (χ1n) is 8.31. The Morgan fingerprint density at radius 2 is 1.96 bits per heavy atom. The number of nitrogens with one attached hydrogen (secondary N) is 1. The summed E-state index contributed by atoms with van der Waals surface area (Å²) in [7, 11) is 3.16. The van der Waals surface area contributed by atoms with Crippen molar-refractivity contribution in [3.05, 3.63) is 47.6 Å². The van der Waals surface area contributed by atoms with Gasteiger partial charge in [-0.2, -0.15) is 0 Å². The van der Waals surface area contributed by atoms with Gasteiger partial charge in [0, 0.05) is 24.9 Å². The largest absolute Gasteiger partial charge is 0.493 e. The number of methoxy groups -OCH3 is 2. The van der Waals surface area contributed by atoms with Crippen LogP contribution in [0.4, 0.5) is 5.69 Å². The van der Waals surface area contributed by atoms with Gasteiger partial charge in [-0.1, -0.05) is 13.8 Å². The summed E-state index contributed by atoms with van der Waals surface area (Å²) in [4.78, 5) is 0. The van der Waals surface area contributed by atoms with E-state index >= 15 is 0 Å². The molecule has 0 aromatic heterocycles. The number of hydrogen-bond acceptors (Lipinski definition) is 8. The molecular formula is C18H26N4O4. The quantitative estimate of drug-likeness (QED) is 0.539. The van der Waals surface area contributed by atoms with Crippen LogP contribution in [0.25, 0.3) is 0 Å². The zero-order valence-electron chi connectivity index (χ0n) is 15.5. The van der Waals surface area contributed by atoms with E-state index in [0.717, 1.165) is 5.57 Å². The fourth-order valence-electron chi connectivity index (χ4n) is 2.53. The van der Waals surface area contributed by atoms with Gasteiger partial charge < -0.3 is 30.0 Å². The molecule has 0 atom stereocenters. The van der Waals surface area contributed by atoms with Crippen LogP contribution in [0.2, 0.25) is 0 Å². The van der Waals surface area contributed by atoms with Crippen molar-refractivity contribution in [2.75, 3.05) is 32.6 Å². The van der Waals surface area contributed by atoms with Crippen molar-refractivity contribution in [3.8, 4) is 17.2 Å². The highest BCUT2D eigenvalue weighted by Gasteiger charge is 2.23. The summed E-state index contributed by atoms with van der Waals surface area (Å²) in [5, 5.41) is 4.60. The zero-order chi connectivity index (χ0) is 19.1. The number of allylic oxidation sites excluding steroid dienone is 2. The van der Waals surface area contributed by atoms with Gasteiger partial charge >= 0.3 is 0 Å². The number of nitrogens with zero attached hydrogens (tertiary/aromatic N) is 1. The van der Waals surface area contributed by atoms with Gasteiger partial charge in [0.25, 0.3) is 0 Å². The summed E-state index contributed by atoms with van der Waals surface area (Å²) in [5.41, 5.74) is 8.03. The minimum Gasteiger partial charge on any atom is -0.493 e. The maximum atomic E-state index is 6.28. The first-order chi connectivity index (χ1) is 12.7. The summed E-state index contributed by atoms with van der Waals surface area (Å²) >= 11 is 0. The summed E-state index contributed by atoms with van der Waals surface area (Å²) in [6.07, 6.45) is 5.17. The van der Waals surface area contributed by atoms with Crippen molar-refractivity contribution in [2.45, 2.75) is 13.8 Å². The van der Waals surface area contributed by atoms with Gasteiger partial charge in [0.1, 0.15) is 0 Å². The molecule has 1 aromatic carbocycles. The Hall–Kier alpha value is -3.00. The van der Waals surface area contributed by atoms with E-state index in [-0.39, 0.29) is 6.79 Å². The number of hydrazine groups is 1. The molecule has 142 valence electrons. The van der Waals surface area contributed by atoms with Crippen LogP contribution < -0.4 is 36.1 Å². The van der Waals surface area contributed by atoms with E-state index in [4.69, 9.17) is 30.5 Å². The summed E-state index contributed by atoms with van der Waals surface area (Å²) in [6, 6.07) is 3.55. The average molecular weight is 362 g/mol. The van der Waals surface area contributed by atoms with E-state index in [1.807, 2.05) is 26.0 Å². The molecule has 0 spiro atoms. The zero-order valence-corrected chi connectivity index (χ0v) is 15.5. The van der Waals surface area contributed by atoms with E-state index < -0.39 is 0 Å². The molecule has 0 unspecified atom stereocenters. The minimum absolute atomic E-state index is 0.152. The van der Waals surface area contributed by atoms with Gasteiger partial charge in [-0.15, -0.1) is 0 Å². The lowest BCUT2D eigenvalue weighted by molar-refractivity contribution is 0.171. The Morgan fingerprint density at radius 1 is 1.19 bits per heavy atom. The van der Waals surface area contributed by atoms with Crippen LogP contribution in [0.3, 0.4) is 0 Å². The second-order valence-corrected chi connectivity index (χ2v) is 5.08. The molecule has 0 fully saturated rings. The maximum absolute atomic E-state index is 6.28. The smallest absolute Gasteiger partial charge is 0.231 e. The molecule has 8 heteroatoms. The van der Waals surface area contributed by atoms with Crippen LogP contribution in [0.5, 0.6) is 17.2 Å². The van der Waals surface area contributed by atoms with Gasteiger partial charge in [0.2, 0.25) is 12.5 Å². The Bertz CT molecular complexity index is 728. The van der Waals surface area contributed by atoms with Crippen molar-refractivity contribution in [1.82, 2.24) is 5.32 Å². The van der Waals surface area contributed by atoms with Gasteiger partial charge in [-0.05, 0) is 17.7 Å². The summed E-state index contributed by atoms with van der Waals surface area (Å²) < 4.78 is 21.3. The molecule has 2 heterocycles. The molecule has 0 radical (unpaired) electrons. The Kier molecular flexibility index (Phi) is 6.62. The number of hydrogen-bond donors (Lipinski definition) is 3. The fraction of sp³-hybridized carbons (Fsp3) is 0.333. The molecule has 0 saturated carbocycles. The molecule has 5 N–H and O–H groups in total. The molecule has 0 amide bonds. The number of fused-ring (bicyclic) bond motifs is 1. The highest BCUT2D eigenvalue weighted by atomic mass is 16.7. The van der Waals surface area contributed by atoms with Crippen LogP contribution in [0, 0.1) is 0 Å². The molecule has 1 aromatic rings. The third kappa shape index (κ3) is 3.80. The topological polar surface area (TPSA) is 104 Å². The van der Waals surface area contributed by atoms with Crippen molar-refractivity contribution in [3.63, 3.8) is 0 Å². The number of anilines is 1. The standard InChI is InChI=1S/C16H20N4O4.C2H6/c1-21-13-5-11(6-14-16(13)24-9-23-14)20(18)12(7-17)10-3-4-15(22-2)19-8-10;1-2/h3-7,19H,8-9,17-18H2,1-2H3;1-2H3/b12-7-;. The van der Waals surface area contributed by atoms with Crippen LogP contribution in [-0.2, 0) is 4.74 Å². The SMILES string of the molecule is CC.COC1=CC=C(/C(=C/N)N(N)c2cc(OC)c3c(c2)OCO3)CN1. The molecule has 2 aliphatic heterocycles. The van der Waals surface area contributed by atoms with Crippen molar-refractivity contribution >= 4 is 5.69 Å². The number of ether oxygens (including phenoxy) is 4. The minimum atomic E-state index is 0.152. The number of rotatable bonds is 5.